The van der Waals surface area contributed by atoms with Gasteiger partial charge < -0.3 is 10.6 Å². The Hall–Kier alpha value is -3.21. The standard InChI is InChI=1S/C22H20FN3O/c23-21-10-9-17(12-25-21)16-7-4-8-18(11-16)26-13-19(20(14-26)22(24)27)15-5-2-1-3-6-15/h1-12,19-20H,13-14H2,(H2,24,27). The van der Waals surface area contributed by atoms with Gasteiger partial charge in [-0.3, -0.25) is 4.79 Å². The second kappa shape index (κ2) is 7.19. The molecule has 2 aromatic carbocycles. The largest absolute Gasteiger partial charge is 0.370 e. The summed E-state index contributed by atoms with van der Waals surface area (Å²) in [5.41, 5.74) is 9.64. The van der Waals surface area contributed by atoms with E-state index in [1.807, 2.05) is 54.6 Å². The van der Waals surface area contributed by atoms with E-state index in [0.29, 0.717) is 6.54 Å². The van der Waals surface area contributed by atoms with Crippen LogP contribution in [0.1, 0.15) is 11.5 Å². The molecule has 0 radical (unpaired) electrons. The molecule has 5 heteroatoms. The van der Waals surface area contributed by atoms with E-state index in [9.17, 15) is 9.18 Å². The van der Waals surface area contributed by atoms with E-state index < -0.39 is 5.95 Å². The molecule has 4 nitrogen and oxygen atoms in total. The Balaban J connectivity index is 1.63. The second-order valence-corrected chi connectivity index (χ2v) is 6.85. The van der Waals surface area contributed by atoms with Crippen LogP contribution < -0.4 is 10.6 Å². The molecule has 1 saturated heterocycles. The fourth-order valence-corrected chi connectivity index (χ4v) is 3.77. The van der Waals surface area contributed by atoms with Crippen molar-refractivity contribution in [2.75, 3.05) is 18.0 Å². The number of hydrogen-bond acceptors (Lipinski definition) is 3. The number of aromatic nitrogens is 1. The van der Waals surface area contributed by atoms with Gasteiger partial charge in [0.05, 0.1) is 5.92 Å². The Bertz CT molecular complexity index is 943. The fraction of sp³-hybridized carbons (Fsp3) is 0.182. The van der Waals surface area contributed by atoms with Crippen molar-refractivity contribution in [3.8, 4) is 11.1 Å². The fourth-order valence-electron chi connectivity index (χ4n) is 3.77. The van der Waals surface area contributed by atoms with Gasteiger partial charge in [-0.25, -0.2) is 4.98 Å². The van der Waals surface area contributed by atoms with Crippen LogP contribution in [0.3, 0.4) is 0 Å². The average molecular weight is 361 g/mol. The molecule has 2 N–H and O–H groups in total. The van der Waals surface area contributed by atoms with Crippen LogP contribution in [0, 0.1) is 11.9 Å². The first kappa shape index (κ1) is 17.2. The van der Waals surface area contributed by atoms with Crippen molar-refractivity contribution in [3.63, 3.8) is 0 Å². The molecule has 1 aliphatic rings. The summed E-state index contributed by atoms with van der Waals surface area (Å²) in [4.78, 5) is 18.0. The maximum atomic E-state index is 13.1. The minimum atomic E-state index is -0.496. The van der Waals surface area contributed by atoms with Crippen molar-refractivity contribution in [1.29, 1.82) is 0 Å². The summed E-state index contributed by atoms with van der Waals surface area (Å²) in [6.45, 7) is 1.31. The molecule has 0 bridgehead atoms. The SMILES string of the molecule is NC(=O)C1CN(c2cccc(-c3ccc(F)nc3)c2)CC1c1ccccc1. The average Bonchev–Trinajstić information content (AvgIpc) is 3.15. The lowest BCUT2D eigenvalue weighted by atomic mass is 9.89. The first-order valence-corrected chi connectivity index (χ1v) is 8.93. The number of halogens is 1. The molecule has 27 heavy (non-hydrogen) atoms. The topological polar surface area (TPSA) is 59.2 Å². The predicted octanol–water partition coefficient (Wildman–Crippen LogP) is 3.59. The molecule has 0 saturated carbocycles. The number of benzene rings is 2. The van der Waals surface area contributed by atoms with Gasteiger partial charge in [-0.15, -0.1) is 0 Å². The zero-order valence-corrected chi connectivity index (χ0v) is 14.8. The van der Waals surface area contributed by atoms with Crippen molar-refractivity contribution >= 4 is 11.6 Å². The zero-order valence-electron chi connectivity index (χ0n) is 14.8. The minimum absolute atomic E-state index is 0.0693. The number of anilines is 1. The van der Waals surface area contributed by atoms with Crippen LogP contribution in [0.15, 0.2) is 72.9 Å². The number of primary amides is 1. The molecule has 4 rings (SSSR count). The summed E-state index contributed by atoms with van der Waals surface area (Å²) in [6, 6.07) is 21.1. The first-order chi connectivity index (χ1) is 13.1. The highest BCUT2D eigenvalue weighted by Crippen LogP contribution is 2.36. The highest BCUT2D eigenvalue weighted by atomic mass is 19.1. The van der Waals surface area contributed by atoms with Crippen LogP contribution in [0.5, 0.6) is 0 Å². The number of amides is 1. The van der Waals surface area contributed by atoms with Gasteiger partial charge in [-0.1, -0.05) is 42.5 Å². The normalized spacial score (nSPS) is 19.2. The van der Waals surface area contributed by atoms with Crippen molar-refractivity contribution in [2.45, 2.75) is 5.92 Å². The zero-order chi connectivity index (χ0) is 18.8. The van der Waals surface area contributed by atoms with E-state index in [0.717, 1.165) is 28.9 Å². The Morgan fingerprint density at radius 2 is 1.81 bits per heavy atom. The summed E-state index contributed by atoms with van der Waals surface area (Å²) in [7, 11) is 0. The Morgan fingerprint density at radius 1 is 1.00 bits per heavy atom. The van der Waals surface area contributed by atoms with Crippen LogP contribution in [-0.2, 0) is 4.79 Å². The molecule has 0 spiro atoms. The molecule has 0 aliphatic carbocycles. The third-order valence-corrected chi connectivity index (χ3v) is 5.19. The summed E-state index contributed by atoms with van der Waals surface area (Å²) in [5, 5.41) is 0. The highest BCUT2D eigenvalue weighted by molar-refractivity contribution is 5.80. The molecule has 136 valence electrons. The summed E-state index contributed by atoms with van der Waals surface area (Å²) in [5.74, 6) is -0.932. The number of nitrogens with zero attached hydrogens (tertiary/aromatic N) is 2. The first-order valence-electron chi connectivity index (χ1n) is 8.93. The number of pyridine rings is 1. The maximum absolute atomic E-state index is 13.1. The van der Waals surface area contributed by atoms with E-state index >= 15 is 0 Å². The van der Waals surface area contributed by atoms with Crippen LogP contribution in [0.2, 0.25) is 0 Å². The Kier molecular flexibility index (Phi) is 4.59. The quantitative estimate of drug-likeness (QED) is 0.723. The lowest BCUT2D eigenvalue weighted by Gasteiger charge is -2.19. The summed E-state index contributed by atoms with van der Waals surface area (Å²) >= 11 is 0. The molecule has 1 amide bonds. The van der Waals surface area contributed by atoms with Gasteiger partial charge in [-0.05, 0) is 35.4 Å². The van der Waals surface area contributed by atoms with Crippen LogP contribution in [0.25, 0.3) is 11.1 Å². The number of hydrogen-bond donors (Lipinski definition) is 1. The molecular weight excluding hydrogens is 341 g/mol. The maximum Gasteiger partial charge on any atom is 0.223 e. The van der Waals surface area contributed by atoms with Gasteiger partial charge in [0.25, 0.3) is 0 Å². The van der Waals surface area contributed by atoms with E-state index in [1.54, 1.807) is 6.07 Å². The van der Waals surface area contributed by atoms with Crippen molar-refractivity contribution in [2.24, 2.45) is 11.7 Å². The molecule has 2 heterocycles. The second-order valence-electron chi connectivity index (χ2n) is 6.85. The van der Waals surface area contributed by atoms with Crippen molar-refractivity contribution in [1.82, 2.24) is 4.98 Å². The number of carbonyl (C=O) groups is 1. The lowest BCUT2D eigenvalue weighted by molar-refractivity contribution is -0.121. The van der Waals surface area contributed by atoms with Gasteiger partial charge in [0, 0.05) is 36.5 Å². The lowest BCUT2D eigenvalue weighted by Crippen LogP contribution is -2.29. The third-order valence-electron chi connectivity index (χ3n) is 5.19. The highest BCUT2D eigenvalue weighted by Gasteiger charge is 2.37. The molecule has 2 atom stereocenters. The summed E-state index contributed by atoms with van der Waals surface area (Å²) < 4.78 is 13.1. The van der Waals surface area contributed by atoms with Crippen molar-refractivity contribution in [3.05, 3.63) is 84.4 Å². The summed E-state index contributed by atoms with van der Waals surface area (Å²) in [6.07, 6.45) is 1.53. The molecular formula is C22H20FN3O. The minimum Gasteiger partial charge on any atom is -0.370 e. The molecule has 2 unspecified atom stereocenters. The number of nitrogens with two attached hydrogens (primary N) is 1. The van der Waals surface area contributed by atoms with Crippen LogP contribution in [0.4, 0.5) is 10.1 Å². The van der Waals surface area contributed by atoms with E-state index in [4.69, 9.17) is 5.73 Å². The smallest absolute Gasteiger partial charge is 0.223 e. The Labute approximate surface area is 157 Å². The monoisotopic (exact) mass is 361 g/mol. The van der Waals surface area contributed by atoms with Gasteiger partial charge in [-0.2, -0.15) is 4.39 Å². The number of carbonyl (C=O) groups excluding carboxylic acids is 1. The van der Waals surface area contributed by atoms with Gasteiger partial charge >= 0.3 is 0 Å². The molecule has 1 aliphatic heterocycles. The van der Waals surface area contributed by atoms with Crippen LogP contribution in [-0.4, -0.2) is 24.0 Å². The van der Waals surface area contributed by atoms with Crippen LogP contribution >= 0.6 is 0 Å². The Morgan fingerprint density at radius 3 is 2.52 bits per heavy atom. The molecule has 1 fully saturated rings. The van der Waals surface area contributed by atoms with Gasteiger partial charge in [0.1, 0.15) is 0 Å². The van der Waals surface area contributed by atoms with E-state index in [1.165, 1.54) is 12.3 Å². The molecule has 3 aromatic rings. The third kappa shape index (κ3) is 3.53. The predicted molar refractivity (Wildman–Crippen MR) is 104 cm³/mol. The van der Waals surface area contributed by atoms with Crippen molar-refractivity contribution < 1.29 is 9.18 Å². The molecule has 1 aromatic heterocycles. The van der Waals surface area contributed by atoms with Gasteiger partial charge in [0.2, 0.25) is 11.9 Å². The van der Waals surface area contributed by atoms with Gasteiger partial charge in [0.15, 0.2) is 0 Å². The number of rotatable bonds is 4. The van der Waals surface area contributed by atoms with E-state index in [2.05, 4.69) is 9.88 Å². The van der Waals surface area contributed by atoms with E-state index in [-0.39, 0.29) is 17.7 Å².